The molecule has 0 atom stereocenters. The number of carbonyl (C=O) groups is 1. The van der Waals surface area contributed by atoms with Gasteiger partial charge in [0.2, 0.25) is 0 Å². The highest BCUT2D eigenvalue weighted by molar-refractivity contribution is 5.94. The lowest BCUT2D eigenvalue weighted by Gasteiger charge is -2.35. The first-order valence-electron chi connectivity index (χ1n) is 12.3. The summed E-state index contributed by atoms with van der Waals surface area (Å²) in [5.74, 6) is 0.882. The summed E-state index contributed by atoms with van der Waals surface area (Å²) in [5.41, 5.74) is 0.974. The molecule has 1 heterocycles. The smallest absolute Gasteiger partial charge is 0.324 e. The molecule has 0 aromatic heterocycles. The van der Waals surface area contributed by atoms with Gasteiger partial charge in [0, 0.05) is 44.0 Å². The van der Waals surface area contributed by atoms with Gasteiger partial charge < -0.3 is 19.9 Å². The second-order valence-electron chi connectivity index (χ2n) is 9.09. The van der Waals surface area contributed by atoms with Gasteiger partial charge in [0.05, 0.1) is 6.61 Å². The Bertz CT molecular complexity index is 658. The third-order valence-corrected chi connectivity index (χ3v) is 6.63. The summed E-state index contributed by atoms with van der Waals surface area (Å²) in [6.07, 6.45) is 7.93. The van der Waals surface area contributed by atoms with E-state index in [-0.39, 0.29) is 6.03 Å². The summed E-state index contributed by atoms with van der Waals surface area (Å²) in [4.78, 5) is 19.5. The van der Waals surface area contributed by atoms with Crippen LogP contribution in [-0.4, -0.2) is 74.3 Å². The number of benzene rings is 1. The zero-order valence-electron chi connectivity index (χ0n) is 19.8. The molecule has 1 aliphatic carbocycles. The zero-order valence-corrected chi connectivity index (χ0v) is 19.8. The van der Waals surface area contributed by atoms with Crippen LogP contribution in [0.15, 0.2) is 24.3 Å². The van der Waals surface area contributed by atoms with E-state index >= 15 is 0 Å². The van der Waals surface area contributed by atoms with Crippen LogP contribution in [0.25, 0.3) is 0 Å². The zero-order chi connectivity index (χ0) is 22.1. The molecule has 0 spiro atoms. The van der Waals surface area contributed by atoms with Gasteiger partial charge in [-0.15, -0.1) is 0 Å². The SMILES string of the molecule is CCCCOc1ccc(N2CCN(C3CCC(NCCN(C)CCC)CC3)C2=O)cc1. The van der Waals surface area contributed by atoms with Crippen LogP contribution in [0.3, 0.4) is 0 Å². The topological polar surface area (TPSA) is 48.1 Å². The molecule has 1 saturated heterocycles. The monoisotopic (exact) mass is 430 g/mol. The number of hydrogen-bond acceptors (Lipinski definition) is 4. The lowest BCUT2D eigenvalue weighted by Crippen LogP contribution is -2.45. The van der Waals surface area contributed by atoms with Crippen molar-refractivity contribution in [1.82, 2.24) is 15.1 Å². The number of nitrogens with one attached hydrogen (secondary N) is 1. The Morgan fingerprint density at radius 2 is 1.77 bits per heavy atom. The minimum absolute atomic E-state index is 0.164. The summed E-state index contributed by atoms with van der Waals surface area (Å²) < 4.78 is 5.75. The van der Waals surface area contributed by atoms with Crippen LogP contribution in [0, 0.1) is 0 Å². The summed E-state index contributed by atoms with van der Waals surface area (Å²) in [7, 11) is 2.19. The Labute approximate surface area is 188 Å². The van der Waals surface area contributed by atoms with Crippen LogP contribution < -0.4 is 15.0 Å². The minimum atomic E-state index is 0.164. The van der Waals surface area contributed by atoms with Crippen LogP contribution in [0.1, 0.15) is 58.8 Å². The highest BCUT2D eigenvalue weighted by Gasteiger charge is 2.36. The fraction of sp³-hybridized carbons (Fsp3) is 0.720. The van der Waals surface area contributed by atoms with Gasteiger partial charge in [-0.05, 0) is 76.4 Å². The molecule has 6 nitrogen and oxygen atoms in total. The van der Waals surface area contributed by atoms with Crippen molar-refractivity contribution in [1.29, 1.82) is 0 Å². The fourth-order valence-electron chi connectivity index (χ4n) is 4.73. The molecule has 1 N–H and O–H groups in total. The van der Waals surface area contributed by atoms with Crippen molar-refractivity contribution in [3.05, 3.63) is 24.3 Å². The molecule has 2 aliphatic rings. The van der Waals surface area contributed by atoms with Crippen LogP contribution in [0.2, 0.25) is 0 Å². The number of unbranched alkanes of at least 4 members (excludes halogenated alkanes) is 1. The van der Waals surface area contributed by atoms with E-state index in [1.165, 1.54) is 6.42 Å². The molecule has 2 fully saturated rings. The van der Waals surface area contributed by atoms with E-state index in [4.69, 9.17) is 4.74 Å². The summed E-state index contributed by atoms with van der Waals surface area (Å²) in [6.45, 7) is 10.1. The van der Waals surface area contributed by atoms with Crippen molar-refractivity contribution in [2.45, 2.75) is 70.9 Å². The third-order valence-electron chi connectivity index (χ3n) is 6.63. The predicted molar refractivity (Wildman–Crippen MR) is 128 cm³/mol. The lowest BCUT2D eigenvalue weighted by atomic mass is 9.90. The maximum Gasteiger partial charge on any atom is 0.324 e. The predicted octanol–water partition coefficient (Wildman–Crippen LogP) is 4.35. The summed E-state index contributed by atoms with van der Waals surface area (Å²) in [6, 6.07) is 9.14. The molecule has 0 radical (unpaired) electrons. The van der Waals surface area contributed by atoms with Gasteiger partial charge in [-0.3, -0.25) is 4.90 Å². The van der Waals surface area contributed by atoms with Gasteiger partial charge in [0.25, 0.3) is 0 Å². The Hall–Kier alpha value is -1.79. The van der Waals surface area contributed by atoms with Crippen molar-refractivity contribution in [2.24, 2.45) is 0 Å². The number of ether oxygens (including phenoxy) is 1. The summed E-state index contributed by atoms with van der Waals surface area (Å²) >= 11 is 0. The number of urea groups is 1. The fourth-order valence-corrected chi connectivity index (χ4v) is 4.73. The molecule has 174 valence electrons. The van der Waals surface area contributed by atoms with Gasteiger partial charge in [-0.25, -0.2) is 4.79 Å². The Balaban J connectivity index is 1.42. The number of amides is 2. The van der Waals surface area contributed by atoms with E-state index in [0.29, 0.717) is 12.1 Å². The van der Waals surface area contributed by atoms with Gasteiger partial charge in [-0.2, -0.15) is 0 Å². The van der Waals surface area contributed by atoms with Gasteiger partial charge in [-0.1, -0.05) is 20.3 Å². The average Bonchev–Trinajstić information content (AvgIpc) is 3.16. The second kappa shape index (κ2) is 12.3. The van der Waals surface area contributed by atoms with Crippen molar-refractivity contribution < 1.29 is 9.53 Å². The first-order valence-corrected chi connectivity index (χ1v) is 12.3. The molecule has 1 aromatic carbocycles. The molecule has 1 saturated carbocycles. The van der Waals surface area contributed by atoms with E-state index in [2.05, 4.69) is 36.0 Å². The van der Waals surface area contributed by atoms with E-state index in [0.717, 1.165) is 89.3 Å². The van der Waals surface area contributed by atoms with Crippen LogP contribution in [0.5, 0.6) is 5.75 Å². The van der Waals surface area contributed by atoms with E-state index < -0.39 is 0 Å². The van der Waals surface area contributed by atoms with Crippen LogP contribution in [0.4, 0.5) is 10.5 Å². The number of likely N-dealkylation sites (N-methyl/N-ethyl adjacent to an activating group) is 1. The maximum absolute atomic E-state index is 13.1. The average molecular weight is 431 g/mol. The minimum Gasteiger partial charge on any atom is -0.494 e. The molecule has 6 heteroatoms. The molecule has 2 amide bonds. The molecule has 1 aromatic rings. The highest BCUT2D eigenvalue weighted by atomic mass is 16.5. The van der Waals surface area contributed by atoms with Crippen LogP contribution >= 0.6 is 0 Å². The largest absolute Gasteiger partial charge is 0.494 e. The van der Waals surface area contributed by atoms with Crippen LogP contribution in [-0.2, 0) is 0 Å². The Morgan fingerprint density at radius 1 is 1.03 bits per heavy atom. The van der Waals surface area contributed by atoms with E-state index in [1.807, 2.05) is 29.2 Å². The molecule has 0 unspecified atom stereocenters. The maximum atomic E-state index is 13.1. The third kappa shape index (κ3) is 6.84. The number of rotatable bonds is 12. The van der Waals surface area contributed by atoms with Crippen molar-refractivity contribution in [3.8, 4) is 5.75 Å². The number of hydrogen-bond donors (Lipinski definition) is 1. The normalized spacial score (nSPS) is 21.9. The first-order chi connectivity index (χ1) is 15.1. The van der Waals surface area contributed by atoms with Gasteiger partial charge >= 0.3 is 6.03 Å². The van der Waals surface area contributed by atoms with Gasteiger partial charge in [0.15, 0.2) is 0 Å². The van der Waals surface area contributed by atoms with E-state index in [1.54, 1.807) is 0 Å². The Kier molecular flexibility index (Phi) is 9.47. The first kappa shape index (κ1) is 23.9. The molecule has 3 rings (SSSR count). The summed E-state index contributed by atoms with van der Waals surface area (Å²) in [5, 5.41) is 3.72. The van der Waals surface area contributed by atoms with Crippen molar-refractivity contribution in [3.63, 3.8) is 0 Å². The van der Waals surface area contributed by atoms with Crippen molar-refractivity contribution >= 4 is 11.7 Å². The molecule has 0 bridgehead atoms. The lowest BCUT2D eigenvalue weighted by molar-refractivity contribution is 0.171. The highest BCUT2D eigenvalue weighted by Crippen LogP contribution is 2.29. The molecular weight excluding hydrogens is 388 g/mol. The quantitative estimate of drug-likeness (QED) is 0.501. The molecular formula is C25H42N4O2. The standard InChI is InChI=1S/C25H42N4O2/c1-4-6-20-31-24-13-11-23(12-14-24)29-19-18-28(25(29)30)22-9-7-21(8-10-22)26-15-17-27(3)16-5-2/h11-14,21-22,26H,4-10,15-20H2,1-3H3. The van der Waals surface area contributed by atoms with Crippen molar-refractivity contribution in [2.75, 3.05) is 51.3 Å². The van der Waals surface area contributed by atoms with E-state index in [9.17, 15) is 4.79 Å². The Morgan fingerprint density at radius 3 is 2.45 bits per heavy atom. The number of anilines is 1. The van der Waals surface area contributed by atoms with Gasteiger partial charge in [0.1, 0.15) is 5.75 Å². The molecule has 31 heavy (non-hydrogen) atoms. The molecule has 1 aliphatic heterocycles. The number of carbonyl (C=O) groups excluding carboxylic acids is 1. The number of nitrogens with zero attached hydrogens (tertiary/aromatic N) is 3. The second-order valence-corrected chi connectivity index (χ2v) is 9.09.